The number of nitrogens with zero attached hydrogens (tertiary/aromatic N) is 3. The topological polar surface area (TPSA) is 99.2 Å². The van der Waals surface area contributed by atoms with Gasteiger partial charge in [-0.1, -0.05) is 0 Å². The first kappa shape index (κ1) is 12.6. The first-order valence-electron chi connectivity index (χ1n) is 5.04. The Morgan fingerprint density at radius 2 is 1.79 bits per heavy atom. The number of nitro groups is 2. The largest absolute Gasteiger partial charge is 0.363 e. The summed E-state index contributed by atoms with van der Waals surface area (Å²) in [6, 6.07) is 5.45. The third kappa shape index (κ3) is 2.51. The molecule has 0 aliphatic rings. The van der Waals surface area contributed by atoms with Gasteiger partial charge in [-0.3, -0.25) is 10.1 Å². The second kappa shape index (κ2) is 4.77. The van der Waals surface area contributed by atoms with E-state index in [1.807, 2.05) is 0 Å². The van der Waals surface area contributed by atoms with E-state index < -0.39 is 15.7 Å². The quantitative estimate of drug-likeness (QED) is 0.626. The number of pyridine rings is 1. The fourth-order valence-electron chi connectivity index (χ4n) is 1.50. The number of nitro benzene ring substituents is 1. The smallest absolute Gasteiger partial charge is 0.358 e. The number of hydrogen-bond donors (Lipinski definition) is 0. The molecule has 0 N–H and O–H groups in total. The molecular weight excluding hydrogens is 257 g/mol. The zero-order valence-electron chi connectivity index (χ0n) is 9.32. The normalized spacial score (nSPS) is 10.2. The summed E-state index contributed by atoms with van der Waals surface area (Å²) in [5.74, 6) is -1.05. The fraction of sp³-hybridized carbons (Fsp3) is 0. The van der Waals surface area contributed by atoms with Gasteiger partial charge in [0.25, 0.3) is 5.69 Å². The highest BCUT2D eigenvalue weighted by molar-refractivity contribution is 5.66. The van der Waals surface area contributed by atoms with Crippen molar-refractivity contribution in [2.75, 3.05) is 0 Å². The van der Waals surface area contributed by atoms with Crippen LogP contribution in [0.4, 0.5) is 15.9 Å². The van der Waals surface area contributed by atoms with Crippen LogP contribution in [0.25, 0.3) is 11.1 Å². The summed E-state index contributed by atoms with van der Waals surface area (Å²) in [5.41, 5.74) is -0.0712. The summed E-state index contributed by atoms with van der Waals surface area (Å²) in [5, 5.41) is 21.1. The van der Waals surface area contributed by atoms with E-state index in [1.54, 1.807) is 0 Å². The summed E-state index contributed by atoms with van der Waals surface area (Å²) in [6.45, 7) is 0. The van der Waals surface area contributed by atoms with Gasteiger partial charge in [-0.15, -0.1) is 0 Å². The van der Waals surface area contributed by atoms with Crippen LogP contribution < -0.4 is 0 Å². The van der Waals surface area contributed by atoms with Crippen LogP contribution >= 0.6 is 0 Å². The minimum Gasteiger partial charge on any atom is -0.358 e. The van der Waals surface area contributed by atoms with Crippen molar-refractivity contribution < 1.29 is 14.2 Å². The minimum atomic E-state index is -0.687. The lowest BCUT2D eigenvalue weighted by Crippen LogP contribution is -1.94. The van der Waals surface area contributed by atoms with Gasteiger partial charge >= 0.3 is 5.82 Å². The Morgan fingerprint density at radius 3 is 2.32 bits per heavy atom. The Morgan fingerprint density at radius 1 is 1.05 bits per heavy atom. The van der Waals surface area contributed by atoms with Gasteiger partial charge in [0.2, 0.25) is 0 Å². The van der Waals surface area contributed by atoms with Gasteiger partial charge in [-0.05, 0) is 22.0 Å². The highest BCUT2D eigenvalue weighted by Gasteiger charge is 2.15. The Hall–Kier alpha value is -2.90. The highest BCUT2D eigenvalue weighted by atomic mass is 19.1. The van der Waals surface area contributed by atoms with Crippen molar-refractivity contribution in [2.24, 2.45) is 0 Å². The fourth-order valence-corrected chi connectivity index (χ4v) is 1.50. The number of non-ortho nitro benzene ring substituents is 1. The van der Waals surface area contributed by atoms with Gasteiger partial charge in [0.1, 0.15) is 12.0 Å². The number of benzene rings is 1. The Balaban J connectivity index is 2.48. The van der Waals surface area contributed by atoms with E-state index in [-0.39, 0.29) is 22.6 Å². The predicted molar refractivity (Wildman–Crippen MR) is 62.9 cm³/mol. The van der Waals surface area contributed by atoms with E-state index in [2.05, 4.69) is 4.98 Å². The van der Waals surface area contributed by atoms with Gasteiger partial charge in [-0.2, -0.15) is 0 Å². The molecule has 7 nitrogen and oxygen atoms in total. The van der Waals surface area contributed by atoms with Crippen LogP contribution in [-0.2, 0) is 0 Å². The second-order valence-electron chi connectivity index (χ2n) is 3.58. The zero-order valence-corrected chi connectivity index (χ0v) is 9.32. The molecule has 0 saturated heterocycles. The van der Waals surface area contributed by atoms with Crippen LogP contribution in [0.3, 0.4) is 0 Å². The van der Waals surface area contributed by atoms with E-state index in [0.717, 1.165) is 30.5 Å². The number of aromatic nitrogens is 1. The molecule has 2 rings (SSSR count). The van der Waals surface area contributed by atoms with Crippen LogP contribution in [0.15, 0.2) is 36.5 Å². The van der Waals surface area contributed by atoms with Crippen molar-refractivity contribution in [1.29, 1.82) is 0 Å². The number of halogens is 1. The van der Waals surface area contributed by atoms with Gasteiger partial charge < -0.3 is 10.1 Å². The lowest BCUT2D eigenvalue weighted by molar-refractivity contribution is -0.389. The molecule has 1 aromatic carbocycles. The Bertz CT molecular complexity index is 657. The van der Waals surface area contributed by atoms with Crippen molar-refractivity contribution in [3.05, 3.63) is 62.6 Å². The van der Waals surface area contributed by atoms with E-state index in [0.29, 0.717) is 0 Å². The molecule has 0 amide bonds. The molecule has 0 bridgehead atoms. The summed E-state index contributed by atoms with van der Waals surface area (Å²) < 4.78 is 13.6. The molecule has 0 radical (unpaired) electrons. The maximum Gasteiger partial charge on any atom is 0.363 e. The Kier molecular flexibility index (Phi) is 3.15. The first-order chi connectivity index (χ1) is 8.99. The second-order valence-corrected chi connectivity index (χ2v) is 3.58. The zero-order chi connectivity index (χ0) is 14.0. The molecule has 0 atom stereocenters. The van der Waals surface area contributed by atoms with E-state index >= 15 is 0 Å². The molecule has 0 unspecified atom stereocenters. The van der Waals surface area contributed by atoms with Crippen molar-refractivity contribution in [2.45, 2.75) is 0 Å². The van der Waals surface area contributed by atoms with E-state index in [9.17, 15) is 24.6 Å². The molecule has 0 aliphatic carbocycles. The molecule has 0 fully saturated rings. The summed E-state index contributed by atoms with van der Waals surface area (Å²) in [6.07, 6.45) is 1.10. The SMILES string of the molecule is O=[N+]([O-])c1ccc(F)c(-c2ccc([N+](=O)[O-])nc2)c1. The van der Waals surface area contributed by atoms with Gasteiger partial charge in [0.15, 0.2) is 0 Å². The van der Waals surface area contributed by atoms with Crippen LogP contribution in [0.1, 0.15) is 0 Å². The van der Waals surface area contributed by atoms with Crippen LogP contribution in [0, 0.1) is 26.0 Å². The molecular formula is C11H6FN3O4. The molecule has 0 saturated carbocycles. The predicted octanol–water partition coefficient (Wildman–Crippen LogP) is 2.70. The highest BCUT2D eigenvalue weighted by Crippen LogP contribution is 2.27. The van der Waals surface area contributed by atoms with Crippen molar-refractivity contribution in [3.63, 3.8) is 0 Å². The summed E-state index contributed by atoms with van der Waals surface area (Å²) in [7, 11) is 0. The molecule has 0 aliphatic heterocycles. The van der Waals surface area contributed by atoms with Crippen molar-refractivity contribution in [1.82, 2.24) is 4.98 Å². The maximum absolute atomic E-state index is 13.6. The number of rotatable bonds is 3. The monoisotopic (exact) mass is 263 g/mol. The number of hydrogen-bond acceptors (Lipinski definition) is 5. The van der Waals surface area contributed by atoms with Crippen LogP contribution in [0.5, 0.6) is 0 Å². The van der Waals surface area contributed by atoms with Crippen LogP contribution in [0.2, 0.25) is 0 Å². The summed E-state index contributed by atoms with van der Waals surface area (Å²) in [4.78, 5) is 23.3. The van der Waals surface area contributed by atoms with E-state index in [1.165, 1.54) is 6.07 Å². The lowest BCUT2D eigenvalue weighted by Gasteiger charge is -2.01. The average Bonchev–Trinajstić information content (AvgIpc) is 2.39. The molecule has 1 aromatic heterocycles. The standard InChI is InChI=1S/C11H6FN3O4/c12-10-3-2-8(14(16)17)5-9(10)7-1-4-11(13-6-7)15(18)19/h1-6H. The van der Waals surface area contributed by atoms with Crippen LogP contribution in [-0.4, -0.2) is 14.8 Å². The van der Waals surface area contributed by atoms with Gasteiger partial charge in [0.05, 0.1) is 4.92 Å². The molecule has 1 heterocycles. The van der Waals surface area contributed by atoms with Gasteiger partial charge in [-0.25, -0.2) is 4.39 Å². The molecule has 96 valence electrons. The molecule has 8 heteroatoms. The molecule has 0 spiro atoms. The molecule has 19 heavy (non-hydrogen) atoms. The first-order valence-corrected chi connectivity index (χ1v) is 5.04. The van der Waals surface area contributed by atoms with E-state index in [4.69, 9.17) is 0 Å². The third-order valence-corrected chi connectivity index (χ3v) is 2.41. The lowest BCUT2D eigenvalue weighted by atomic mass is 10.1. The maximum atomic E-state index is 13.6. The van der Waals surface area contributed by atoms with Crippen molar-refractivity contribution >= 4 is 11.5 Å². The van der Waals surface area contributed by atoms with Crippen molar-refractivity contribution in [3.8, 4) is 11.1 Å². The summed E-state index contributed by atoms with van der Waals surface area (Å²) >= 11 is 0. The molecule has 2 aromatic rings. The van der Waals surface area contributed by atoms with Gasteiger partial charge in [0, 0.05) is 29.3 Å². The Labute approximate surface area is 105 Å². The average molecular weight is 263 g/mol. The third-order valence-electron chi connectivity index (χ3n) is 2.41. The minimum absolute atomic E-state index is 0.0309.